The van der Waals surface area contributed by atoms with Gasteiger partial charge in [-0.15, -0.1) is 24.0 Å². The number of hydrogen-bond donors (Lipinski definition) is 1. The van der Waals surface area contributed by atoms with Gasteiger partial charge < -0.3 is 24.2 Å². The highest BCUT2D eigenvalue weighted by atomic mass is 127. The predicted molar refractivity (Wildman–Crippen MR) is 137 cm³/mol. The Kier molecular flexibility index (Phi) is 11.6. The third-order valence-corrected chi connectivity index (χ3v) is 5.15. The van der Waals surface area contributed by atoms with Gasteiger partial charge in [0.15, 0.2) is 17.5 Å². The van der Waals surface area contributed by atoms with Gasteiger partial charge in [-0.25, -0.2) is 0 Å². The molecule has 0 saturated carbocycles. The average molecular weight is 557 g/mol. The van der Waals surface area contributed by atoms with Gasteiger partial charge in [-0.3, -0.25) is 9.89 Å². The molecule has 0 spiro atoms. The molecule has 0 bridgehead atoms. The molecule has 1 aromatic heterocycles. The van der Waals surface area contributed by atoms with Crippen LogP contribution in [0.15, 0.2) is 40.0 Å². The Morgan fingerprint density at radius 3 is 2.47 bits per heavy atom. The Morgan fingerprint density at radius 2 is 1.81 bits per heavy atom. The van der Waals surface area contributed by atoms with Crippen molar-refractivity contribution in [1.82, 2.24) is 20.3 Å². The van der Waals surface area contributed by atoms with E-state index in [0.29, 0.717) is 13.2 Å². The van der Waals surface area contributed by atoms with Gasteiger partial charge in [0, 0.05) is 51.9 Å². The molecule has 0 amide bonds. The third kappa shape index (κ3) is 7.84. The van der Waals surface area contributed by atoms with Crippen molar-refractivity contribution in [3.63, 3.8) is 0 Å². The van der Waals surface area contributed by atoms with E-state index in [1.807, 2.05) is 26.0 Å². The molecule has 2 heterocycles. The molecule has 32 heavy (non-hydrogen) atoms. The molecule has 2 aromatic rings. The van der Waals surface area contributed by atoms with Crippen LogP contribution in [-0.4, -0.2) is 73.4 Å². The smallest absolute Gasteiger partial charge is 0.194 e. The lowest BCUT2D eigenvalue weighted by atomic mass is 10.1. The molecule has 1 aliphatic heterocycles. The van der Waals surface area contributed by atoms with Crippen LogP contribution >= 0.6 is 24.0 Å². The quantitative estimate of drug-likeness (QED) is 0.273. The van der Waals surface area contributed by atoms with Crippen molar-refractivity contribution < 1.29 is 14.0 Å². The van der Waals surface area contributed by atoms with Crippen molar-refractivity contribution in [2.24, 2.45) is 4.99 Å². The molecule has 1 aliphatic rings. The summed E-state index contributed by atoms with van der Waals surface area (Å²) < 4.78 is 16.3. The summed E-state index contributed by atoms with van der Waals surface area (Å²) in [5, 5.41) is 7.46. The highest BCUT2D eigenvalue weighted by Gasteiger charge is 2.20. The Labute approximate surface area is 208 Å². The first kappa shape index (κ1) is 26.2. The molecule has 0 aliphatic carbocycles. The summed E-state index contributed by atoms with van der Waals surface area (Å²) in [6.45, 7) is 13.6. The monoisotopic (exact) mass is 557 g/mol. The summed E-state index contributed by atoms with van der Waals surface area (Å²) in [5.74, 6) is 2.59. The number of halogens is 1. The van der Waals surface area contributed by atoms with Gasteiger partial charge in [-0.1, -0.05) is 11.2 Å². The number of aromatic nitrogens is 1. The number of rotatable bonds is 10. The van der Waals surface area contributed by atoms with Crippen LogP contribution in [0, 0.1) is 0 Å². The fraction of sp³-hybridized carbons (Fsp3) is 0.565. The zero-order valence-corrected chi connectivity index (χ0v) is 21.7. The highest BCUT2D eigenvalue weighted by molar-refractivity contribution is 14.0. The van der Waals surface area contributed by atoms with Gasteiger partial charge in [0.1, 0.15) is 6.26 Å². The first-order chi connectivity index (χ1) is 15.2. The van der Waals surface area contributed by atoms with Gasteiger partial charge >= 0.3 is 0 Å². The fourth-order valence-corrected chi connectivity index (χ4v) is 3.63. The van der Waals surface area contributed by atoms with Crippen LogP contribution in [0.25, 0.3) is 0 Å². The van der Waals surface area contributed by atoms with E-state index in [4.69, 9.17) is 19.0 Å². The van der Waals surface area contributed by atoms with Crippen molar-refractivity contribution >= 4 is 29.9 Å². The summed E-state index contributed by atoms with van der Waals surface area (Å²) in [4.78, 5) is 9.62. The zero-order valence-electron chi connectivity index (χ0n) is 19.4. The van der Waals surface area contributed by atoms with E-state index in [1.54, 1.807) is 6.26 Å². The Hall–Kier alpha value is -2.01. The minimum Gasteiger partial charge on any atom is -0.490 e. The van der Waals surface area contributed by atoms with E-state index in [1.165, 1.54) is 5.56 Å². The van der Waals surface area contributed by atoms with Crippen LogP contribution in [0.3, 0.4) is 0 Å². The molecule has 1 N–H and O–H groups in total. The molecule has 0 unspecified atom stereocenters. The summed E-state index contributed by atoms with van der Waals surface area (Å²) in [6, 6.07) is 8.08. The molecular formula is C23H36IN5O3. The topological polar surface area (TPSA) is 75.4 Å². The van der Waals surface area contributed by atoms with Crippen LogP contribution < -0.4 is 14.8 Å². The lowest BCUT2D eigenvalue weighted by molar-refractivity contribution is 0.169. The van der Waals surface area contributed by atoms with Crippen LogP contribution in [-0.2, 0) is 13.0 Å². The molecule has 0 radical (unpaired) electrons. The van der Waals surface area contributed by atoms with Crippen LogP contribution in [0.2, 0.25) is 0 Å². The molecule has 0 atom stereocenters. The Morgan fingerprint density at radius 1 is 1.06 bits per heavy atom. The molecule has 3 rings (SSSR count). The maximum absolute atomic E-state index is 5.74. The predicted octanol–water partition coefficient (Wildman–Crippen LogP) is 3.42. The highest BCUT2D eigenvalue weighted by Crippen LogP contribution is 2.28. The number of nitrogens with zero attached hydrogens (tertiary/aromatic N) is 4. The van der Waals surface area contributed by atoms with Crippen molar-refractivity contribution in [3.8, 4) is 11.5 Å². The van der Waals surface area contributed by atoms with Gasteiger partial charge in [-0.05, 0) is 44.9 Å². The van der Waals surface area contributed by atoms with Gasteiger partial charge in [0.2, 0.25) is 0 Å². The second-order valence-electron chi connectivity index (χ2n) is 7.39. The second kappa shape index (κ2) is 14.2. The molecule has 8 nitrogen and oxygen atoms in total. The minimum atomic E-state index is 0. The van der Waals surface area contributed by atoms with E-state index in [2.05, 4.69) is 39.3 Å². The standard InChI is InChI=1S/C23H35N5O3.HI/c1-4-24-23(28-14-12-27(13-15-28)18-20-10-16-31-26-20)25-11-9-19-7-8-21(29-5-2)22(17-19)30-6-3;/h7-8,10,16-17H,4-6,9,11-15,18H2,1-3H3,(H,24,25);1H. The third-order valence-electron chi connectivity index (χ3n) is 5.15. The zero-order chi connectivity index (χ0) is 21.9. The SMILES string of the molecule is CCNC(=NCCc1ccc(OCC)c(OCC)c1)N1CCN(Cc2ccon2)CC1.I. The summed E-state index contributed by atoms with van der Waals surface area (Å²) >= 11 is 0. The van der Waals surface area contributed by atoms with Crippen LogP contribution in [0.4, 0.5) is 0 Å². The maximum atomic E-state index is 5.74. The summed E-state index contributed by atoms with van der Waals surface area (Å²) in [6.07, 6.45) is 2.48. The number of nitrogens with one attached hydrogen (secondary N) is 1. The van der Waals surface area contributed by atoms with Crippen molar-refractivity contribution in [2.75, 3.05) is 52.5 Å². The van der Waals surface area contributed by atoms with Crippen LogP contribution in [0.5, 0.6) is 11.5 Å². The van der Waals surface area contributed by atoms with E-state index < -0.39 is 0 Å². The van der Waals surface area contributed by atoms with Gasteiger partial charge in [-0.2, -0.15) is 0 Å². The van der Waals surface area contributed by atoms with Crippen LogP contribution in [0.1, 0.15) is 32.0 Å². The minimum absolute atomic E-state index is 0. The first-order valence-electron chi connectivity index (χ1n) is 11.3. The summed E-state index contributed by atoms with van der Waals surface area (Å²) in [7, 11) is 0. The summed E-state index contributed by atoms with van der Waals surface area (Å²) in [5.41, 5.74) is 2.18. The maximum Gasteiger partial charge on any atom is 0.194 e. The molecule has 1 aromatic carbocycles. The van der Waals surface area contributed by atoms with Crippen molar-refractivity contribution in [2.45, 2.75) is 33.7 Å². The number of piperazine rings is 1. The second-order valence-corrected chi connectivity index (χ2v) is 7.39. The number of guanidine groups is 1. The van der Waals surface area contributed by atoms with E-state index in [9.17, 15) is 0 Å². The Bertz CT molecular complexity index is 808. The molecule has 1 fully saturated rings. The number of ether oxygens (including phenoxy) is 2. The van der Waals surface area contributed by atoms with Crippen molar-refractivity contribution in [1.29, 1.82) is 0 Å². The molecule has 1 saturated heterocycles. The molecule has 9 heteroatoms. The lowest BCUT2D eigenvalue weighted by Crippen LogP contribution is -2.52. The van der Waals surface area contributed by atoms with E-state index >= 15 is 0 Å². The van der Waals surface area contributed by atoms with E-state index in [-0.39, 0.29) is 24.0 Å². The largest absolute Gasteiger partial charge is 0.490 e. The molecule has 178 valence electrons. The Balaban J connectivity index is 0.00000363. The fourth-order valence-electron chi connectivity index (χ4n) is 3.63. The number of hydrogen-bond acceptors (Lipinski definition) is 6. The van der Waals surface area contributed by atoms with E-state index in [0.717, 1.165) is 75.4 Å². The normalized spacial score (nSPS) is 14.7. The van der Waals surface area contributed by atoms with Gasteiger partial charge in [0.05, 0.1) is 18.9 Å². The lowest BCUT2D eigenvalue weighted by Gasteiger charge is -2.36. The first-order valence-corrected chi connectivity index (χ1v) is 11.3. The van der Waals surface area contributed by atoms with Gasteiger partial charge in [0.25, 0.3) is 0 Å². The average Bonchev–Trinajstić information content (AvgIpc) is 3.29. The van der Waals surface area contributed by atoms with Crippen molar-refractivity contribution in [3.05, 3.63) is 41.8 Å². The number of aliphatic imine (C=N–C) groups is 1. The number of benzene rings is 1. The molecular weight excluding hydrogens is 521 g/mol.